The lowest BCUT2D eigenvalue weighted by Crippen LogP contribution is -2.06. The standard InChI is InChI=1S/C13H12N4O3/c18-12-5-4-10(7-12)16-8-14-13(15-16)9-2-1-3-11(6-9)17(19)20/h1-3,6,8,10H,4-5,7H2. The molecule has 1 aromatic heterocycles. The lowest BCUT2D eigenvalue weighted by molar-refractivity contribution is -0.384. The molecule has 1 fully saturated rings. The Kier molecular flexibility index (Phi) is 3.02. The lowest BCUT2D eigenvalue weighted by Gasteiger charge is -2.06. The number of ketones is 1. The van der Waals surface area contributed by atoms with Crippen LogP contribution < -0.4 is 0 Å². The van der Waals surface area contributed by atoms with Gasteiger partial charge in [0.2, 0.25) is 0 Å². The molecule has 0 bridgehead atoms. The zero-order chi connectivity index (χ0) is 14.1. The number of rotatable bonds is 3. The molecule has 1 heterocycles. The Bertz CT molecular complexity index is 680. The second kappa shape index (κ2) is 4.84. The van der Waals surface area contributed by atoms with Crippen molar-refractivity contribution in [1.29, 1.82) is 0 Å². The summed E-state index contributed by atoms with van der Waals surface area (Å²) in [5.41, 5.74) is 0.608. The van der Waals surface area contributed by atoms with E-state index in [-0.39, 0.29) is 17.5 Å². The van der Waals surface area contributed by atoms with E-state index in [1.54, 1.807) is 23.1 Å². The van der Waals surface area contributed by atoms with Gasteiger partial charge in [-0.25, -0.2) is 9.67 Å². The van der Waals surface area contributed by atoms with E-state index < -0.39 is 4.92 Å². The molecule has 1 unspecified atom stereocenters. The number of carbonyl (C=O) groups is 1. The number of aromatic nitrogens is 3. The van der Waals surface area contributed by atoms with E-state index in [0.29, 0.717) is 24.2 Å². The van der Waals surface area contributed by atoms with Crippen LogP contribution >= 0.6 is 0 Å². The summed E-state index contributed by atoms with van der Waals surface area (Å²) in [5, 5.41) is 15.1. The van der Waals surface area contributed by atoms with Crippen molar-refractivity contribution in [3.63, 3.8) is 0 Å². The van der Waals surface area contributed by atoms with Gasteiger partial charge in [-0.15, -0.1) is 0 Å². The molecular formula is C13H12N4O3. The molecule has 0 spiro atoms. The third kappa shape index (κ3) is 2.29. The van der Waals surface area contributed by atoms with Gasteiger partial charge in [0.25, 0.3) is 5.69 Å². The van der Waals surface area contributed by atoms with E-state index in [1.165, 1.54) is 12.1 Å². The molecule has 1 aliphatic rings. The quantitative estimate of drug-likeness (QED) is 0.630. The average molecular weight is 272 g/mol. The van der Waals surface area contributed by atoms with Crippen LogP contribution in [0.1, 0.15) is 25.3 Å². The van der Waals surface area contributed by atoms with Crippen LogP contribution in [0.25, 0.3) is 11.4 Å². The first kappa shape index (κ1) is 12.5. The Morgan fingerprint density at radius 3 is 2.95 bits per heavy atom. The minimum Gasteiger partial charge on any atom is -0.300 e. The monoisotopic (exact) mass is 272 g/mol. The van der Waals surface area contributed by atoms with Crippen LogP contribution in [0, 0.1) is 10.1 Å². The summed E-state index contributed by atoms with van der Waals surface area (Å²) in [6.45, 7) is 0. The topological polar surface area (TPSA) is 90.9 Å². The number of nitro benzene ring substituents is 1. The molecule has 1 atom stereocenters. The summed E-state index contributed by atoms with van der Waals surface area (Å²) >= 11 is 0. The van der Waals surface area contributed by atoms with Gasteiger partial charge in [0, 0.05) is 30.5 Å². The molecule has 0 saturated heterocycles. The maximum atomic E-state index is 11.3. The van der Waals surface area contributed by atoms with Crippen molar-refractivity contribution < 1.29 is 9.72 Å². The molecule has 102 valence electrons. The number of Topliss-reactive ketones (excluding diaryl/α,β-unsaturated/α-hetero) is 1. The third-order valence-electron chi connectivity index (χ3n) is 3.42. The summed E-state index contributed by atoms with van der Waals surface area (Å²) in [6, 6.07) is 6.26. The van der Waals surface area contributed by atoms with E-state index in [4.69, 9.17) is 0 Å². The molecule has 2 aromatic rings. The first-order chi connectivity index (χ1) is 9.63. The number of non-ortho nitro benzene ring substituents is 1. The molecule has 1 saturated carbocycles. The number of hydrogen-bond donors (Lipinski definition) is 0. The highest BCUT2D eigenvalue weighted by atomic mass is 16.6. The fourth-order valence-electron chi connectivity index (χ4n) is 2.36. The molecule has 3 rings (SSSR count). The van der Waals surface area contributed by atoms with Crippen LogP contribution in [0.4, 0.5) is 5.69 Å². The van der Waals surface area contributed by atoms with Crippen LogP contribution in [0.2, 0.25) is 0 Å². The fourth-order valence-corrected chi connectivity index (χ4v) is 2.36. The largest absolute Gasteiger partial charge is 0.300 e. The number of hydrogen-bond acceptors (Lipinski definition) is 5. The summed E-state index contributed by atoms with van der Waals surface area (Å²) in [6.07, 6.45) is 3.42. The number of nitro groups is 1. The highest BCUT2D eigenvalue weighted by Crippen LogP contribution is 2.27. The average Bonchev–Trinajstić information content (AvgIpc) is 3.07. The molecular weight excluding hydrogens is 260 g/mol. The Morgan fingerprint density at radius 2 is 2.25 bits per heavy atom. The molecule has 7 heteroatoms. The Morgan fingerprint density at radius 1 is 1.40 bits per heavy atom. The van der Waals surface area contributed by atoms with Crippen LogP contribution in [-0.2, 0) is 4.79 Å². The zero-order valence-electron chi connectivity index (χ0n) is 10.6. The Hall–Kier alpha value is -2.57. The van der Waals surface area contributed by atoms with E-state index in [1.807, 2.05) is 0 Å². The second-order valence-corrected chi connectivity index (χ2v) is 4.79. The van der Waals surface area contributed by atoms with Gasteiger partial charge < -0.3 is 0 Å². The van der Waals surface area contributed by atoms with Crippen molar-refractivity contribution >= 4 is 11.5 Å². The predicted octanol–water partition coefficient (Wildman–Crippen LogP) is 2.15. The van der Waals surface area contributed by atoms with Gasteiger partial charge in [-0.05, 0) is 6.42 Å². The summed E-state index contributed by atoms with van der Waals surface area (Å²) < 4.78 is 1.68. The SMILES string of the molecule is O=C1CCC(n2cnc(-c3cccc([N+](=O)[O-])c3)n2)C1. The summed E-state index contributed by atoms with van der Waals surface area (Å²) in [7, 11) is 0. The van der Waals surface area contributed by atoms with Crippen LogP contribution in [0.5, 0.6) is 0 Å². The third-order valence-corrected chi connectivity index (χ3v) is 3.42. The normalized spacial score (nSPS) is 18.4. The maximum absolute atomic E-state index is 11.3. The van der Waals surface area contributed by atoms with Crippen molar-refractivity contribution in [3.8, 4) is 11.4 Å². The lowest BCUT2D eigenvalue weighted by atomic mass is 10.2. The van der Waals surface area contributed by atoms with Crippen molar-refractivity contribution in [3.05, 3.63) is 40.7 Å². The highest BCUT2D eigenvalue weighted by molar-refractivity contribution is 5.80. The smallest absolute Gasteiger partial charge is 0.270 e. The minimum absolute atomic E-state index is 0.00916. The van der Waals surface area contributed by atoms with Gasteiger partial charge in [0.15, 0.2) is 5.82 Å². The van der Waals surface area contributed by atoms with E-state index >= 15 is 0 Å². The van der Waals surface area contributed by atoms with Crippen molar-refractivity contribution in [2.45, 2.75) is 25.3 Å². The van der Waals surface area contributed by atoms with E-state index in [0.717, 1.165) is 6.42 Å². The van der Waals surface area contributed by atoms with Crippen LogP contribution in [-0.4, -0.2) is 25.5 Å². The molecule has 1 aliphatic carbocycles. The molecule has 0 aliphatic heterocycles. The van der Waals surface area contributed by atoms with Crippen LogP contribution in [0.3, 0.4) is 0 Å². The van der Waals surface area contributed by atoms with Crippen molar-refractivity contribution in [2.24, 2.45) is 0 Å². The van der Waals surface area contributed by atoms with Gasteiger partial charge >= 0.3 is 0 Å². The summed E-state index contributed by atoms with van der Waals surface area (Å²) in [4.78, 5) is 25.8. The van der Waals surface area contributed by atoms with Gasteiger partial charge in [-0.2, -0.15) is 5.10 Å². The first-order valence-corrected chi connectivity index (χ1v) is 6.31. The van der Waals surface area contributed by atoms with E-state index in [9.17, 15) is 14.9 Å². The van der Waals surface area contributed by atoms with Gasteiger partial charge in [-0.1, -0.05) is 12.1 Å². The minimum atomic E-state index is -0.448. The number of benzene rings is 1. The molecule has 0 amide bonds. The predicted molar refractivity (Wildman–Crippen MR) is 70.0 cm³/mol. The van der Waals surface area contributed by atoms with Crippen molar-refractivity contribution in [1.82, 2.24) is 14.8 Å². The molecule has 20 heavy (non-hydrogen) atoms. The first-order valence-electron chi connectivity index (χ1n) is 6.31. The molecule has 1 aromatic carbocycles. The summed E-state index contributed by atoms with van der Waals surface area (Å²) in [5.74, 6) is 0.676. The molecule has 0 radical (unpaired) electrons. The Labute approximate surface area is 114 Å². The maximum Gasteiger partial charge on any atom is 0.270 e. The molecule has 7 nitrogen and oxygen atoms in total. The molecule has 0 N–H and O–H groups in total. The fraction of sp³-hybridized carbons (Fsp3) is 0.308. The zero-order valence-corrected chi connectivity index (χ0v) is 10.6. The van der Waals surface area contributed by atoms with Gasteiger partial charge in [0.05, 0.1) is 11.0 Å². The highest BCUT2D eigenvalue weighted by Gasteiger charge is 2.24. The second-order valence-electron chi connectivity index (χ2n) is 4.79. The van der Waals surface area contributed by atoms with Gasteiger partial charge in [0.1, 0.15) is 12.1 Å². The van der Waals surface area contributed by atoms with E-state index in [2.05, 4.69) is 10.1 Å². The van der Waals surface area contributed by atoms with Crippen molar-refractivity contribution in [2.75, 3.05) is 0 Å². The number of nitrogens with zero attached hydrogens (tertiary/aromatic N) is 4. The Balaban J connectivity index is 1.88. The van der Waals surface area contributed by atoms with Gasteiger partial charge in [-0.3, -0.25) is 14.9 Å². The number of carbonyl (C=O) groups excluding carboxylic acids is 1. The van der Waals surface area contributed by atoms with Crippen LogP contribution in [0.15, 0.2) is 30.6 Å².